The normalized spacial score (nSPS) is 27.8. The predicted molar refractivity (Wildman–Crippen MR) is 80.5 cm³/mol. The van der Waals surface area contributed by atoms with Gasteiger partial charge in [0.15, 0.2) is 17.4 Å². The number of urea groups is 1. The molecule has 2 amide bonds. The second kappa shape index (κ2) is 5.63. The van der Waals surface area contributed by atoms with Crippen LogP contribution in [0.1, 0.15) is 20.3 Å². The van der Waals surface area contributed by atoms with Crippen molar-refractivity contribution in [1.29, 1.82) is 0 Å². The molecule has 1 saturated carbocycles. The largest absolute Gasteiger partial charge is 0.491 e. The Bertz CT molecular complexity index is 613. The maximum Gasteiger partial charge on any atom is 0.319 e. The van der Waals surface area contributed by atoms with E-state index in [0.29, 0.717) is 12.5 Å². The number of fused-ring (bicyclic) bond motifs is 1. The van der Waals surface area contributed by atoms with Crippen LogP contribution < -0.4 is 15.4 Å². The van der Waals surface area contributed by atoms with Gasteiger partial charge in [0.25, 0.3) is 0 Å². The minimum absolute atomic E-state index is 0.0251. The Hall–Kier alpha value is -1.89. The Morgan fingerprint density at radius 2 is 2.00 bits per heavy atom. The summed E-state index contributed by atoms with van der Waals surface area (Å²) in [5, 5.41) is 5.35. The number of carbonyl (C=O) groups excluding carboxylic acids is 1. The maximum absolute atomic E-state index is 13.6. The lowest BCUT2D eigenvalue weighted by molar-refractivity contribution is -0.107. The van der Waals surface area contributed by atoms with E-state index in [0.717, 1.165) is 18.6 Å². The fourth-order valence-electron chi connectivity index (χ4n) is 3.75. The summed E-state index contributed by atoms with van der Waals surface area (Å²) in [5.74, 6) is -1.91. The fraction of sp³-hybridized carbons (Fsp3) is 0.562. The Morgan fingerprint density at radius 1 is 1.35 bits per heavy atom. The van der Waals surface area contributed by atoms with E-state index < -0.39 is 23.4 Å². The van der Waals surface area contributed by atoms with Gasteiger partial charge in [-0.15, -0.1) is 0 Å². The Labute approximate surface area is 133 Å². The van der Waals surface area contributed by atoms with Crippen molar-refractivity contribution >= 4 is 11.7 Å². The van der Waals surface area contributed by atoms with Gasteiger partial charge in [-0.05, 0) is 6.42 Å². The van der Waals surface area contributed by atoms with E-state index in [1.54, 1.807) is 0 Å². The number of hydrogen-bond donors (Lipinski definition) is 2. The Balaban J connectivity index is 1.66. The second-order valence-electron chi connectivity index (χ2n) is 6.61. The van der Waals surface area contributed by atoms with Gasteiger partial charge >= 0.3 is 6.03 Å². The van der Waals surface area contributed by atoms with Crippen LogP contribution >= 0.6 is 0 Å². The molecule has 0 unspecified atom stereocenters. The number of methoxy groups -OCH3 is 1. The third-order valence-corrected chi connectivity index (χ3v) is 4.85. The van der Waals surface area contributed by atoms with Crippen molar-refractivity contribution in [1.82, 2.24) is 5.32 Å². The second-order valence-corrected chi connectivity index (χ2v) is 6.61. The molecule has 2 aliphatic rings. The molecule has 3 rings (SSSR count). The molecule has 1 aliphatic heterocycles. The molecule has 1 saturated heterocycles. The molecular weight excluding hydrogens is 306 g/mol. The molecule has 1 aromatic carbocycles. The van der Waals surface area contributed by atoms with Crippen LogP contribution in [-0.2, 0) is 4.74 Å². The van der Waals surface area contributed by atoms with E-state index in [1.165, 1.54) is 7.11 Å². The summed E-state index contributed by atoms with van der Waals surface area (Å²) in [5.41, 5.74) is -0.121. The van der Waals surface area contributed by atoms with Gasteiger partial charge < -0.3 is 20.1 Å². The molecule has 0 bridgehead atoms. The number of halogens is 2. The zero-order valence-corrected chi connectivity index (χ0v) is 13.3. The standard InChI is InChI=1S/C16H20F2N2O3/c1-16(2)13(9-4-5-23-14(9)16)20-15(21)19-8-6-10(17)12(22-3)11(18)7-8/h6-7,9,13-14H,4-5H2,1-3H3,(H2,19,20,21)/t9-,13-,14+/m1/s1. The number of anilines is 1. The van der Waals surface area contributed by atoms with Crippen molar-refractivity contribution in [3.05, 3.63) is 23.8 Å². The number of ether oxygens (including phenoxy) is 2. The highest BCUT2D eigenvalue weighted by Crippen LogP contribution is 2.52. The quantitative estimate of drug-likeness (QED) is 0.898. The maximum atomic E-state index is 13.6. The summed E-state index contributed by atoms with van der Waals surface area (Å²) >= 11 is 0. The topological polar surface area (TPSA) is 59.6 Å². The molecule has 0 aromatic heterocycles. The molecule has 0 spiro atoms. The molecule has 5 nitrogen and oxygen atoms in total. The molecule has 1 aromatic rings. The van der Waals surface area contributed by atoms with Gasteiger partial charge in [-0.25, -0.2) is 13.6 Å². The first-order valence-corrected chi connectivity index (χ1v) is 7.56. The highest BCUT2D eigenvalue weighted by atomic mass is 19.1. The lowest BCUT2D eigenvalue weighted by atomic mass is 9.57. The van der Waals surface area contributed by atoms with Gasteiger partial charge in [0.05, 0.1) is 13.2 Å². The summed E-state index contributed by atoms with van der Waals surface area (Å²) in [6.45, 7) is 4.78. The minimum atomic E-state index is -0.865. The Morgan fingerprint density at radius 3 is 2.61 bits per heavy atom. The summed E-state index contributed by atoms with van der Waals surface area (Å²) in [7, 11) is 1.18. The van der Waals surface area contributed by atoms with Crippen LogP contribution in [0.15, 0.2) is 12.1 Å². The van der Waals surface area contributed by atoms with Crippen LogP contribution in [0.3, 0.4) is 0 Å². The van der Waals surface area contributed by atoms with Crippen molar-refractivity contribution in [3.63, 3.8) is 0 Å². The number of rotatable bonds is 3. The minimum Gasteiger partial charge on any atom is -0.491 e. The van der Waals surface area contributed by atoms with Crippen molar-refractivity contribution in [3.8, 4) is 5.75 Å². The molecule has 7 heteroatoms. The highest BCUT2D eigenvalue weighted by molar-refractivity contribution is 5.89. The first kappa shape index (κ1) is 16.0. The van der Waals surface area contributed by atoms with Crippen LogP contribution in [0.5, 0.6) is 5.75 Å². The van der Waals surface area contributed by atoms with Gasteiger partial charge in [-0.2, -0.15) is 0 Å². The SMILES string of the molecule is COc1c(F)cc(NC(=O)N[C@@H]2[C@H]3CCO[C@@H]3C2(C)C)cc1F. The van der Waals surface area contributed by atoms with Crippen molar-refractivity contribution in [2.75, 3.05) is 19.0 Å². The number of carbonyl (C=O) groups is 1. The molecule has 3 atom stereocenters. The smallest absolute Gasteiger partial charge is 0.319 e. The molecule has 1 heterocycles. The molecule has 0 radical (unpaired) electrons. The molecule has 2 fully saturated rings. The van der Waals surface area contributed by atoms with E-state index in [-0.39, 0.29) is 23.2 Å². The van der Waals surface area contributed by atoms with Crippen LogP contribution in [-0.4, -0.2) is 31.9 Å². The first-order chi connectivity index (χ1) is 10.8. The van der Waals surface area contributed by atoms with Crippen LogP contribution in [0.2, 0.25) is 0 Å². The van der Waals surface area contributed by atoms with Crippen LogP contribution in [0.25, 0.3) is 0 Å². The zero-order valence-electron chi connectivity index (χ0n) is 13.3. The van der Waals surface area contributed by atoms with E-state index in [4.69, 9.17) is 4.74 Å². The summed E-state index contributed by atoms with van der Waals surface area (Å²) in [6.07, 6.45) is 1.06. The average molecular weight is 326 g/mol. The number of benzene rings is 1. The van der Waals surface area contributed by atoms with E-state index in [1.807, 2.05) is 13.8 Å². The fourth-order valence-corrected chi connectivity index (χ4v) is 3.75. The number of hydrogen-bond acceptors (Lipinski definition) is 3. The molecule has 126 valence electrons. The van der Waals surface area contributed by atoms with Gasteiger partial charge in [0.2, 0.25) is 0 Å². The van der Waals surface area contributed by atoms with E-state index in [9.17, 15) is 13.6 Å². The lowest BCUT2D eigenvalue weighted by Gasteiger charge is -2.54. The predicted octanol–water partition coefficient (Wildman–Crippen LogP) is 2.91. The summed E-state index contributed by atoms with van der Waals surface area (Å²) in [6, 6.07) is 1.53. The van der Waals surface area contributed by atoms with Crippen LogP contribution in [0, 0.1) is 23.0 Å². The molecular formula is C16H20F2N2O3. The van der Waals surface area contributed by atoms with E-state index >= 15 is 0 Å². The Kier molecular flexibility index (Phi) is 3.91. The van der Waals surface area contributed by atoms with Gasteiger partial charge in [-0.3, -0.25) is 0 Å². The van der Waals surface area contributed by atoms with Crippen molar-refractivity contribution in [2.24, 2.45) is 11.3 Å². The summed E-state index contributed by atoms with van der Waals surface area (Å²) in [4.78, 5) is 12.1. The van der Waals surface area contributed by atoms with Gasteiger partial charge in [0.1, 0.15) is 0 Å². The third kappa shape index (κ3) is 2.63. The van der Waals surface area contributed by atoms with Gasteiger partial charge in [0, 0.05) is 41.8 Å². The van der Waals surface area contributed by atoms with Crippen molar-refractivity contribution < 1.29 is 23.0 Å². The first-order valence-electron chi connectivity index (χ1n) is 7.56. The third-order valence-electron chi connectivity index (χ3n) is 4.85. The molecule has 23 heavy (non-hydrogen) atoms. The van der Waals surface area contributed by atoms with Crippen LogP contribution in [0.4, 0.5) is 19.3 Å². The van der Waals surface area contributed by atoms with Gasteiger partial charge in [-0.1, -0.05) is 13.8 Å². The highest BCUT2D eigenvalue weighted by Gasteiger charge is 2.59. The number of amides is 2. The number of nitrogens with one attached hydrogen (secondary N) is 2. The van der Waals surface area contributed by atoms with Crippen molar-refractivity contribution in [2.45, 2.75) is 32.4 Å². The van der Waals surface area contributed by atoms with E-state index in [2.05, 4.69) is 15.4 Å². The monoisotopic (exact) mass is 326 g/mol. The lowest BCUT2D eigenvalue weighted by Crippen LogP contribution is -2.67. The molecule has 2 N–H and O–H groups in total. The average Bonchev–Trinajstić information content (AvgIpc) is 2.91. The summed E-state index contributed by atoms with van der Waals surface area (Å²) < 4.78 is 37.6. The molecule has 1 aliphatic carbocycles. The zero-order chi connectivity index (χ0) is 16.8.